The van der Waals surface area contributed by atoms with Gasteiger partial charge in [-0.15, -0.1) is 0 Å². The van der Waals surface area contributed by atoms with Gasteiger partial charge in [-0.2, -0.15) is 0 Å². The summed E-state index contributed by atoms with van der Waals surface area (Å²) in [6, 6.07) is 0. The fourth-order valence-electron chi connectivity index (χ4n) is 1.46. The molecule has 2 unspecified atom stereocenters. The topological polar surface area (TPSA) is 83.7 Å². The Morgan fingerprint density at radius 3 is 2.50 bits per heavy atom. The molecule has 1 aliphatic heterocycles. The second-order valence-electron chi connectivity index (χ2n) is 4.66. The smallest absolute Gasteiger partial charge is 0.113 e. The lowest BCUT2D eigenvalue weighted by Gasteiger charge is -2.24. The normalized spacial score (nSPS) is 20.7. The minimum atomic E-state index is -0.707. The fourth-order valence-corrected chi connectivity index (χ4v) is 1.46. The Morgan fingerprint density at radius 2 is 2.06 bits per heavy atom. The summed E-state index contributed by atoms with van der Waals surface area (Å²) in [5.74, 6) is 0. The van der Waals surface area contributed by atoms with E-state index in [1.807, 2.05) is 6.92 Å². The van der Waals surface area contributed by atoms with E-state index in [2.05, 4.69) is 27.2 Å². The van der Waals surface area contributed by atoms with Gasteiger partial charge in [-0.3, -0.25) is 5.32 Å². The van der Waals surface area contributed by atoms with Gasteiger partial charge in [0.25, 0.3) is 0 Å². The molecule has 0 bridgehead atoms. The average Bonchev–Trinajstić information content (AvgIpc) is 2.97. The number of hydrogen-bond acceptors (Lipinski definition) is 6. The van der Waals surface area contributed by atoms with Gasteiger partial charge in [-0.05, 0) is 19.8 Å². The molecule has 0 saturated carbocycles. The predicted octanol–water partition coefficient (Wildman–Crippen LogP) is 1.33. The Balaban J connectivity index is 0.000000269. The maximum Gasteiger partial charge on any atom is 0.113 e. The molecule has 1 fully saturated rings. The molecule has 2 rings (SSSR count). The lowest BCUT2D eigenvalue weighted by atomic mass is 10.1. The van der Waals surface area contributed by atoms with Crippen molar-refractivity contribution < 1.29 is 14.5 Å². The van der Waals surface area contributed by atoms with Crippen LogP contribution in [0.1, 0.15) is 39.5 Å². The molecule has 0 radical (unpaired) electrons. The third kappa shape index (κ3) is 8.16. The summed E-state index contributed by atoms with van der Waals surface area (Å²) in [7, 11) is 0. The third-order valence-corrected chi connectivity index (χ3v) is 2.66. The highest BCUT2D eigenvalue weighted by atomic mass is 16.6. The van der Waals surface area contributed by atoms with E-state index in [1.54, 1.807) is 0 Å². The van der Waals surface area contributed by atoms with Crippen molar-refractivity contribution >= 4 is 0 Å². The lowest BCUT2D eigenvalue weighted by Crippen LogP contribution is -2.43. The molecule has 1 aliphatic rings. The minimum absolute atomic E-state index is 0.345. The Bertz CT molecular complexity index is 270. The standard InChI is InChI=1S/C10H21NO2.C2H2N2O/c1-3-4-5-6-10(2,12)11-7-9-8-13-9;1-2-4-5-3-1/h9,11-12H,3-8H2,1-2H3;1-2H. The van der Waals surface area contributed by atoms with Crippen molar-refractivity contribution in [2.24, 2.45) is 0 Å². The number of ether oxygens (including phenoxy) is 1. The molecule has 18 heavy (non-hydrogen) atoms. The zero-order valence-corrected chi connectivity index (χ0v) is 11.1. The van der Waals surface area contributed by atoms with E-state index in [9.17, 15) is 5.11 Å². The molecule has 104 valence electrons. The molecule has 1 saturated heterocycles. The van der Waals surface area contributed by atoms with Crippen LogP contribution in [0.4, 0.5) is 0 Å². The lowest BCUT2D eigenvalue weighted by molar-refractivity contribution is 0.0120. The van der Waals surface area contributed by atoms with Gasteiger partial charge in [-0.25, -0.2) is 4.63 Å². The van der Waals surface area contributed by atoms with Gasteiger partial charge < -0.3 is 9.84 Å². The Kier molecular flexibility index (Phi) is 6.85. The number of unbranched alkanes of at least 4 members (excludes halogenated alkanes) is 2. The number of aromatic nitrogens is 2. The molecule has 2 heterocycles. The van der Waals surface area contributed by atoms with Crippen molar-refractivity contribution in [1.29, 1.82) is 0 Å². The molecule has 2 N–H and O–H groups in total. The zero-order chi connectivity index (χ0) is 13.3. The van der Waals surface area contributed by atoms with Crippen LogP contribution in [0, 0.1) is 0 Å². The van der Waals surface area contributed by atoms with Crippen molar-refractivity contribution in [2.45, 2.75) is 51.4 Å². The molecular formula is C12H23N3O3. The first-order valence-corrected chi connectivity index (χ1v) is 6.44. The van der Waals surface area contributed by atoms with E-state index in [0.717, 1.165) is 26.0 Å². The van der Waals surface area contributed by atoms with Crippen LogP contribution in [0.2, 0.25) is 0 Å². The molecule has 1 aromatic heterocycles. The second kappa shape index (κ2) is 8.18. The number of nitrogens with one attached hydrogen (secondary N) is 1. The first kappa shape index (κ1) is 15.1. The Hall–Kier alpha value is -0.980. The molecule has 1 aromatic rings. The monoisotopic (exact) mass is 257 g/mol. The minimum Gasteiger partial charge on any atom is -0.376 e. The number of rotatable bonds is 7. The summed E-state index contributed by atoms with van der Waals surface area (Å²) in [5.41, 5.74) is -0.707. The number of epoxide rings is 1. The maximum atomic E-state index is 9.85. The predicted molar refractivity (Wildman–Crippen MR) is 66.8 cm³/mol. The molecule has 0 amide bonds. The van der Waals surface area contributed by atoms with Crippen LogP contribution in [0.3, 0.4) is 0 Å². The van der Waals surface area contributed by atoms with Crippen molar-refractivity contribution in [3.05, 3.63) is 12.4 Å². The largest absolute Gasteiger partial charge is 0.376 e. The van der Waals surface area contributed by atoms with Gasteiger partial charge >= 0.3 is 0 Å². The maximum absolute atomic E-state index is 9.85. The van der Waals surface area contributed by atoms with Crippen LogP contribution in [0.15, 0.2) is 17.0 Å². The quantitative estimate of drug-likeness (QED) is 0.435. The summed E-state index contributed by atoms with van der Waals surface area (Å²) in [6.45, 7) is 5.63. The second-order valence-corrected chi connectivity index (χ2v) is 4.66. The first-order chi connectivity index (χ1) is 8.64. The van der Waals surface area contributed by atoms with E-state index < -0.39 is 5.72 Å². The molecule has 6 nitrogen and oxygen atoms in total. The third-order valence-electron chi connectivity index (χ3n) is 2.66. The number of aliphatic hydroxyl groups is 1. The molecular weight excluding hydrogens is 234 g/mol. The summed E-state index contributed by atoms with van der Waals surface area (Å²) in [4.78, 5) is 0. The summed E-state index contributed by atoms with van der Waals surface area (Å²) in [5, 5.41) is 19.4. The molecule has 2 atom stereocenters. The van der Waals surface area contributed by atoms with Crippen LogP contribution < -0.4 is 5.32 Å². The molecule has 0 aromatic carbocycles. The van der Waals surface area contributed by atoms with Gasteiger partial charge in [0, 0.05) is 6.54 Å². The zero-order valence-electron chi connectivity index (χ0n) is 11.1. The summed E-state index contributed by atoms with van der Waals surface area (Å²) in [6.07, 6.45) is 7.59. The van der Waals surface area contributed by atoms with E-state index in [0.29, 0.717) is 6.10 Å². The molecule has 6 heteroatoms. The number of nitrogens with zero attached hydrogens (tertiary/aromatic N) is 2. The van der Waals surface area contributed by atoms with Gasteiger partial charge in [-0.1, -0.05) is 30.1 Å². The van der Waals surface area contributed by atoms with E-state index >= 15 is 0 Å². The summed E-state index contributed by atoms with van der Waals surface area (Å²) >= 11 is 0. The van der Waals surface area contributed by atoms with Crippen LogP contribution in [-0.2, 0) is 4.74 Å². The summed E-state index contributed by atoms with van der Waals surface area (Å²) < 4.78 is 9.14. The van der Waals surface area contributed by atoms with Crippen molar-refractivity contribution in [3.63, 3.8) is 0 Å². The van der Waals surface area contributed by atoms with Gasteiger partial charge in [0.2, 0.25) is 0 Å². The highest BCUT2D eigenvalue weighted by Gasteiger charge is 2.26. The molecule has 0 spiro atoms. The van der Waals surface area contributed by atoms with Gasteiger partial charge in [0.1, 0.15) is 5.72 Å². The average molecular weight is 257 g/mol. The van der Waals surface area contributed by atoms with Gasteiger partial charge in [0.05, 0.1) is 25.1 Å². The van der Waals surface area contributed by atoms with Gasteiger partial charge in [0.15, 0.2) is 0 Å². The highest BCUT2D eigenvalue weighted by Crippen LogP contribution is 2.13. The van der Waals surface area contributed by atoms with E-state index in [1.165, 1.54) is 25.2 Å². The Labute approximate surface area is 108 Å². The van der Waals surface area contributed by atoms with Crippen LogP contribution in [0.5, 0.6) is 0 Å². The fraction of sp³-hybridized carbons (Fsp3) is 0.833. The molecule has 0 aliphatic carbocycles. The van der Waals surface area contributed by atoms with Crippen LogP contribution in [-0.4, -0.2) is 40.4 Å². The highest BCUT2D eigenvalue weighted by molar-refractivity contribution is 4.77. The van der Waals surface area contributed by atoms with Crippen LogP contribution >= 0.6 is 0 Å². The van der Waals surface area contributed by atoms with Crippen molar-refractivity contribution in [3.8, 4) is 0 Å². The van der Waals surface area contributed by atoms with E-state index in [4.69, 9.17) is 4.74 Å². The SMILES string of the molecule is CCCCCC(C)(O)NCC1CO1.c1cnon1. The van der Waals surface area contributed by atoms with E-state index in [-0.39, 0.29) is 0 Å². The van der Waals surface area contributed by atoms with Crippen molar-refractivity contribution in [1.82, 2.24) is 15.6 Å². The first-order valence-electron chi connectivity index (χ1n) is 6.44. The van der Waals surface area contributed by atoms with Crippen molar-refractivity contribution in [2.75, 3.05) is 13.2 Å². The Morgan fingerprint density at radius 1 is 1.39 bits per heavy atom. The van der Waals surface area contributed by atoms with Crippen LogP contribution in [0.25, 0.3) is 0 Å². The number of hydrogen-bond donors (Lipinski definition) is 2.